The summed E-state index contributed by atoms with van der Waals surface area (Å²) in [6.45, 7) is 0. The van der Waals surface area contributed by atoms with Gasteiger partial charge in [-0.3, -0.25) is 9.59 Å². The maximum absolute atomic E-state index is 13.8. The van der Waals surface area contributed by atoms with Crippen LogP contribution in [-0.4, -0.2) is 34.3 Å². The number of methoxy groups -OCH3 is 4. The first-order valence-corrected chi connectivity index (χ1v) is 14.0. The highest BCUT2D eigenvalue weighted by molar-refractivity contribution is 5.86. The van der Waals surface area contributed by atoms with Gasteiger partial charge in [-0.05, 0) is 70.0 Å². The van der Waals surface area contributed by atoms with Gasteiger partial charge in [0.25, 0.3) is 0 Å². The molecule has 0 bridgehead atoms. The fraction of sp³-hybridized carbons (Fsp3) is 0.257. The van der Waals surface area contributed by atoms with E-state index in [1.54, 1.807) is 33.5 Å². The first-order valence-electron chi connectivity index (χ1n) is 14.0. The summed E-state index contributed by atoms with van der Waals surface area (Å²) >= 11 is 0. The Morgan fingerprint density at radius 1 is 0.738 bits per heavy atom. The highest BCUT2D eigenvalue weighted by Crippen LogP contribution is 2.50. The van der Waals surface area contributed by atoms with Crippen LogP contribution in [0.1, 0.15) is 47.1 Å². The van der Waals surface area contributed by atoms with E-state index in [4.69, 9.17) is 18.9 Å². The molecule has 2 aliphatic rings. The van der Waals surface area contributed by atoms with Gasteiger partial charge in [0, 0.05) is 17.9 Å². The Morgan fingerprint density at radius 2 is 1.38 bits per heavy atom. The largest absolute Gasteiger partial charge is 0.493 e. The molecule has 0 fully saturated rings. The number of hydrogen-bond acceptors (Lipinski definition) is 6. The molecule has 0 spiro atoms. The molecule has 0 aliphatic heterocycles. The van der Waals surface area contributed by atoms with Crippen LogP contribution in [0.25, 0.3) is 22.3 Å². The summed E-state index contributed by atoms with van der Waals surface area (Å²) in [4.78, 5) is 27.0. The van der Waals surface area contributed by atoms with Crippen molar-refractivity contribution in [3.63, 3.8) is 0 Å². The second kappa shape index (κ2) is 11.2. The Bertz CT molecular complexity index is 1700. The first-order chi connectivity index (χ1) is 20.5. The Morgan fingerprint density at radius 3 is 2.00 bits per heavy atom. The lowest BCUT2D eigenvalue weighted by molar-refractivity contribution is -0.122. The van der Waals surface area contributed by atoms with E-state index < -0.39 is 6.04 Å². The van der Waals surface area contributed by atoms with E-state index in [9.17, 15) is 9.59 Å². The van der Waals surface area contributed by atoms with Crippen LogP contribution >= 0.6 is 0 Å². The summed E-state index contributed by atoms with van der Waals surface area (Å²) in [6, 6.07) is 23.2. The van der Waals surface area contributed by atoms with Crippen molar-refractivity contribution >= 4 is 5.91 Å². The molecule has 42 heavy (non-hydrogen) atoms. The minimum absolute atomic E-state index is 0.0458. The Balaban J connectivity index is 1.42. The van der Waals surface area contributed by atoms with Crippen molar-refractivity contribution < 1.29 is 23.7 Å². The Kier molecular flexibility index (Phi) is 7.33. The second-order valence-electron chi connectivity index (χ2n) is 10.5. The monoisotopic (exact) mass is 563 g/mol. The minimum atomic E-state index is -0.418. The summed E-state index contributed by atoms with van der Waals surface area (Å²) in [5, 5.41) is 3.29. The van der Waals surface area contributed by atoms with Crippen molar-refractivity contribution in [2.75, 3.05) is 28.4 Å². The van der Waals surface area contributed by atoms with Crippen LogP contribution in [0.2, 0.25) is 0 Å². The quantitative estimate of drug-likeness (QED) is 0.295. The molecule has 7 nitrogen and oxygen atoms in total. The number of benzene rings is 3. The van der Waals surface area contributed by atoms with Gasteiger partial charge < -0.3 is 24.3 Å². The van der Waals surface area contributed by atoms with Gasteiger partial charge in [-0.25, -0.2) is 0 Å². The summed E-state index contributed by atoms with van der Waals surface area (Å²) in [7, 11) is 6.21. The molecule has 1 atom stereocenters. The van der Waals surface area contributed by atoms with Gasteiger partial charge in [-0.15, -0.1) is 0 Å². The van der Waals surface area contributed by atoms with Crippen LogP contribution in [0.15, 0.2) is 77.6 Å². The van der Waals surface area contributed by atoms with Crippen molar-refractivity contribution in [1.29, 1.82) is 0 Å². The van der Waals surface area contributed by atoms with Gasteiger partial charge in [-0.1, -0.05) is 54.6 Å². The van der Waals surface area contributed by atoms with E-state index in [2.05, 4.69) is 29.6 Å². The van der Waals surface area contributed by atoms with Gasteiger partial charge in [-0.2, -0.15) is 0 Å². The average molecular weight is 564 g/mol. The Hall–Kier alpha value is -4.78. The summed E-state index contributed by atoms with van der Waals surface area (Å²) in [5.41, 5.74) is 7.64. The molecular formula is C35H33NO6. The number of hydrogen-bond donors (Lipinski definition) is 1. The SMILES string of the molecule is COc1cc2c(c(OC)c1OC)-c1ccc(OC)c(=O)cc1C(NC(=O)CC1c3ccccc3-c3ccccc31)CC2. The van der Waals surface area contributed by atoms with Crippen LogP contribution < -0.4 is 29.7 Å². The van der Waals surface area contributed by atoms with Gasteiger partial charge in [0.1, 0.15) is 0 Å². The number of ether oxygens (including phenoxy) is 4. The maximum Gasteiger partial charge on any atom is 0.221 e. The highest BCUT2D eigenvalue weighted by Gasteiger charge is 2.33. The predicted octanol–water partition coefficient (Wildman–Crippen LogP) is 6.05. The Labute approximate surface area is 245 Å². The number of amides is 1. The molecule has 4 aromatic rings. The van der Waals surface area contributed by atoms with Crippen LogP contribution in [0.3, 0.4) is 0 Å². The fourth-order valence-electron chi connectivity index (χ4n) is 6.54. The highest BCUT2D eigenvalue weighted by atomic mass is 16.5. The van der Waals surface area contributed by atoms with Crippen LogP contribution in [0.4, 0.5) is 0 Å². The first kappa shape index (κ1) is 27.4. The molecule has 0 saturated heterocycles. The lowest BCUT2D eigenvalue weighted by atomic mass is 9.92. The average Bonchev–Trinajstić information content (AvgIpc) is 3.12. The summed E-state index contributed by atoms with van der Waals surface area (Å²) < 4.78 is 22.6. The fourth-order valence-corrected chi connectivity index (χ4v) is 6.54. The summed E-state index contributed by atoms with van der Waals surface area (Å²) in [5.74, 6) is 1.62. The van der Waals surface area contributed by atoms with Crippen molar-refractivity contribution in [3.05, 3.63) is 105 Å². The second-order valence-corrected chi connectivity index (χ2v) is 10.5. The summed E-state index contributed by atoms with van der Waals surface area (Å²) in [6.07, 6.45) is 1.49. The van der Waals surface area contributed by atoms with Crippen molar-refractivity contribution in [2.45, 2.75) is 31.2 Å². The molecule has 214 valence electrons. The van der Waals surface area contributed by atoms with Crippen LogP contribution in [-0.2, 0) is 11.2 Å². The number of fused-ring (bicyclic) bond motifs is 6. The smallest absolute Gasteiger partial charge is 0.221 e. The molecule has 0 radical (unpaired) electrons. The standard InChI is InChI=1S/C35H33NO6/c1-39-30-16-14-25-27(18-29(30)37)28(15-13-20-17-31(40-2)34(41-3)35(42-4)33(20)25)36-32(38)19-26-23-11-7-5-9-21(23)22-10-6-8-12-24(22)26/h5-12,14,16-18,26,28H,13,15,19H2,1-4H3,(H,36,38). The normalized spacial score (nSPS) is 14.9. The minimum Gasteiger partial charge on any atom is -0.493 e. The van der Waals surface area contributed by atoms with Crippen molar-refractivity contribution in [3.8, 4) is 45.3 Å². The molecule has 0 saturated carbocycles. The van der Waals surface area contributed by atoms with Gasteiger partial charge >= 0.3 is 0 Å². The molecule has 0 aromatic heterocycles. The van der Waals surface area contributed by atoms with E-state index in [0.717, 1.165) is 27.8 Å². The van der Waals surface area contributed by atoms with Crippen LogP contribution in [0, 0.1) is 0 Å². The number of aryl methyl sites for hydroxylation is 1. The third-order valence-corrected chi connectivity index (χ3v) is 8.41. The third kappa shape index (κ3) is 4.55. The molecular weight excluding hydrogens is 530 g/mol. The molecule has 0 heterocycles. The van der Waals surface area contributed by atoms with Gasteiger partial charge in [0.05, 0.1) is 34.5 Å². The molecule has 7 heteroatoms. The van der Waals surface area contributed by atoms with E-state index in [1.807, 2.05) is 36.4 Å². The number of carbonyl (C=O) groups excluding carboxylic acids is 1. The van der Waals surface area contributed by atoms with E-state index in [-0.39, 0.29) is 23.0 Å². The molecule has 1 N–H and O–H groups in total. The lowest BCUT2D eigenvalue weighted by Crippen LogP contribution is -2.30. The topological polar surface area (TPSA) is 83.1 Å². The molecule has 1 amide bonds. The lowest BCUT2D eigenvalue weighted by Gasteiger charge is -2.21. The number of nitrogens with one attached hydrogen (secondary N) is 1. The van der Waals surface area contributed by atoms with E-state index in [1.165, 1.54) is 18.2 Å². The van der Waals surface area contributed by atoms with Crippen molar-refractivity contribution in [2.24, 2.45) is 0 Å². The van der Waals surface area contributed by atoms with E-state index >= 15 is 0 Å². The van der Waals surface area contributed by atoms with E-state index in [0.29, 0.717) is 42.1 Å². The van der Waals surface area contributed by atoms with Gasteiger partial charge in [0.2, 0.25) is 17.1 Å². The molecule has 6 rings (SSSR count). The predicted molar refractivity (Wildman–Crippen MR) is 162 cm³/mol. The molecule has 2 aliphatic carbocycles. The zero-order valence-electron chi connectivity index (χ0n) is 24.2. The number of rotatable bonds is 7. The number of carbonyl (C=O) groups is 1. The van der Waals surface area contributed by atoms with Crippen LogP contribution in [0.5, 0.6) is 23.0 Å². The maximum atomic E-state index is 13.8. The molecule has 1 unspecified atom stereocenters. The third-order valence-electron chi connectivity index (χ3n) is 8.41. The molecule has 4 aromatic carbocycles. The van der Waals surface area contributed by atoms with Gasteiger partial charge in [0.15, 0.2) is 17.2 Å². The zero-order valence-corrected chi connectivity index (χ0v) is 24.2. The zero-order chi connectivity index (χ0) is 29.4. The van der Waals surface area contributed by atoms with Crippen molar-refractivity contribution in [1.82, 2.24) is 5.32 Å².